The minimum Gasteiger partial charge on any atom is -0.440 e. The molecule has 1 aromatic carbocycles. The lowest BCUT2D eigenvalue weighted by molar-refractivity contribution is -0.385. The standard InChI is InChI=1S/C13H14F3N3O5/c1-8-2-3-9(6-10(8)19(22)23)18-11(20)4-5-17-12(21)24-7-13(14,15)16/h2-3,6H,4-5,7H2,1H3,(H,17,21)(H,18,20). The zero-order valence-corrected chi connectivity index (χ0v) is 12.5. The van der Waals surface area contributed by atoms with Crippen LogP contribution in [0.2, 0.25) is 0 Å². The average Bonchev–Trinajstić information content (AvgIpc) is 2.46. The first kappa shape index (κ1) is 19.2. The first-order valence-corrected chi connectivity index (χ1v) is 6.61. The minimum atomic E-state index is -4.63. The highest BCUT2D eigenvalue weighted by Gasteiger charge is 2.29. The molecule has 132 valence electrons. The van der Waals surface area contributed by atoms with Crippen LogP contribution in [0.1, 0.15) is 12.0 Å². The van der Waals surface area contributed by atoms with Crippen LogP contribution in [0, 0.1) is 17.0 Å². The number of hydrogen-bond acceptors (Lipinski definition) is 5. The Hall–Kier alpha value is -2.85. The number of nitrogens with zero attached hydrogens (tertiary/aromatic N) is 1. The number of aryl methyl sites for hydroxylation is 1. The molecule has 0 atom stereocenters. The predicted molar refractivity (Wildman–Crippen MR) is 76.5 cm³/mol. The summed E-state index contributed by atoms with van der Waals surface area (Å²) >= 11 is 0. The van der Waals surface area contributed by atoms with Crippen molar-refractivity contribution < 1.29 is 32.4 Å². The van der Waals surface area contributed by atoms with Crippen molar-refractivity contribution in [2.45, 2.75) is 19.5 Å². The zero-order chi connectivity index (χ0) is 18.3. The van der Waals surface area contributed by atoms with E-state index in [0.29, 0.717) is 5.56 Å². The summed E-state index contributed by atoms with van der Waals surface area (Å²) < 4.78 is 39.3. The van der Waals surface area contributed by atoms with E-state index in [1.165, 1.54) is 18.2 Å². The molecule has 0 unspecified atom stereocenters. The largest absolute Gasteiger partial charge is 0.440 e. The van der Waals surface area contributed by atoms with Gasteiger partial charge in [0.25, 0.3) is 5.69 Å². The van der Waals surface area contributed by atoms with Gasteiger partial charge in [0.05, 0.1) is 4.92 Å². The fraction of sp³-hybridized carbons (Fsp3) is 0.385. The van der Waals surface area contributed by atoms with Crippen molar-refractivity contribution in [2.75, 3.05) is 18.5 Å². The number of amides is 2. The van der Waals surface area contributed by atoms with E-state index >= 15 is 0 Å². The summed E-state index contributed by atoms with van der Waals surface area (Å²) in [6.45, 7) is -0.436. The number of benzene rings is 1. The highest BCUT2D eigenvalue weighted by atomic mass is 19.4. The number of ether oxygens (including phenoxy) is 1. The van der Waals surface area contributed by atoms with Crippen molar-refractivity contribution >= 4 is 23.4 Å². The second-order valence-electron chi connectivity index (χ2n) is 4.67. The number of alkyl halides is 3. The summed E-state index contributed by atoms with van der Waals surface area (Å²) in [5.41, 5.74) is 0.450. The molecule has 0 bridgehead atoms. The van der Waals surface area contributed by atoms with Crippen molar-refractivity contribution in [2.24, 2.45) is 0 Å². The summed E-state index contributed by atoms with van der Waals surface area (Å²) in [6.07, 6.45) is -6.18. The minimum absolute atomic E-state index is 0.165. The van der Waals surface area contributed by atoms with E-state index < -0.39 is 29.7 Å². The maximum Gasteiger partial charge on any atom is 0.422 e. The number of nitrogens with one attached hydrogen (secondary N) is 2. The Bertz CT molecular complexity index is 634. The molecule has 0 saturated carbocycles. The summed E-state index contributed by atoms with van der Waals surface area (Å²) in [5, 5.41) is 15.1. The van der Waals surface area contributed by atoms with Gasteiger partial charge in [-0.25, -0.2) is 4.79 Å². The molecule has 1 aromatic rings. The molecular formula is C13H14F3N3O5. The lowest BCUT2D eigenvalue weighted by atomic mass is 10.2. The third-order valence-electron chi connectivity index (χ3n) is 2.68. The van der Waals surface area contributed by atoms with Crippen LogP contribution in [0.4, 0.5) is 29.3 Å². The Labute approximate surface area is 134 Å². The van der Waals surface area contributed by atoms with Crippen LogP contribution in [-0.4, -0.2) is 36.3 Å². The molecule has 0 aromatic heterocycles. The molecule has 8 nitrogen and oxygen atoms in total. The van der Waals surface area contributed by atoms with Gasteiger partial charge in [-0.15, -0.1) is 0 Å². The highest BCUT2D eigenvalue weighted by molar-refractivity contribution is 5.91. The number of anilines is 1. The van der Waals surface area contributed by atoms with Gasteiger partial charge in [-0.1, -0.05) is 6.07 Å². The average molecular weight is 349 g/mol. The molecule has 11 heteroatoms. The third kappa shape index (κ3) is 6.94. The molecule has 0 heterocycles. The summed E-state index contributed by atoms with van der Waals surface area (Å²) in [4.78, 5) is 32.8. The Morgan fingerprint density at radius 3 is 2.58 bits per heavy atom. The van der Waals surface area contributed by atoms with E-state index in [9.17, 15) is 32.9 Å². The molecule has 24 heavy (non-hydrogen) atoms. The summed E-state index contributed by atoms with van der Waals surface area (Å²) in [6, 6.07) is 4.10. The van der Waals surface area contributed by atoms with E-state index in [-0.39, 0.29) is 24.3 Å². The van der Waals surface area contributed by atoms with E-state index in [0.717, 1.165) is 0 Å². The van der Waals surface area contributed by atoms with Gasteiger partial charge in [0.1, 0.15) is 0 Å². The van der Waals surface area contributed by atoms with Gasteiger partial charge in [0.15, 0.2) is 6.61 Å². The highest BCUT2D eigenvalue weighted by Crippen LogP contribution is 2.22. The maximum absolute atomic E-state index is 11.8. The van der Waals surface area contributed by atoms with Crippen molar-refractivity contribution in [1.82, 2.24) is 5.32 Å². The van der Waals surface area contributed by atoms with Crippen molar-refractivity contribution in [3.63, 3.8) is 0 Å². The molecule has 1 rings (SSSR count). The van der Waals surface area contributed by atoms with Crippen LogP contribution in [0.5, 0.6) is 0 Å². The monoisotopic (exact) mass is 349 g/mol. The van der Waals surface area contributed by atoms with Gasteiger partial charge >= 0.3 is 12.3 Å². The maximum atomic E-state index is 11.8. The molecule has 2 amide bonds. The number of carbonyl (C=O) groups excluding carboxylic acids is 2. The van der Waals surface area contributed by atoms with Crippen LogP contribution < -0.4 is 10.6 Å². The van der Waals surface area contributed by atoms with Gasteiger partial charge in [-0.3, -0.25) is 14.9 Å². The first-order valence-electron chi connectivity index (χ1n) is 6.61. The third-order valence-corrected chi connectivity index (χ3v) is 2.68. The van der Waals surface area contributed by atoms with Crippen LogP contribution in [-0.2, 0) is 9.53 Å². The van der Waals surface area contributed by atoms with Crippen molar-refractivity contribution in [3.8, 4) is 0 Å². The smallest absolute Gasteiger partial charge is 0.422 e. The van der Waals surface area contributed by atoms with E-state index in [4.69, 9.17) is 0 Å². The van der Waals surface area contributed by atoms with E-state index in [1.807, 2.05) is 5.32 Å². The van der Waals surface area contributed by atoms with Gasteiger partial charge in [-0.05, 0) is 13.0 Å². The van der Waals surface area contributed by atoms with Crippen LogP contribution >= 0.6 is 0 Å². The summed E-state index contributed by atoms with van der Waals surface area (Å²) in [7, 11) is 0. The number of hydrogen-bond donors (Lipinski definition) is 2. The number of halogens is 3. The second-order valence-corrected chi connectivity index (χ2v) is 4.67. The van der Waals surface area contributed by atoms with Gasteiger partial charge in [0, 0.05) is 30.3 Å². The lowest BCUT2D eigenvalue weighted by Gasteiger charge is -2.09. The Kier molecular flexibility index (Phi) is 6.50. The van der Waals surface area contributed by atoms with Gasteiger partial charge < -0.3 is 15.4 Å². The number of nitro benzene ring substituents is 1. The molecule has 0 fully saturated rings. The van der Waals surface area contributed by atoms with E-state index in [1.54, 1.807) is 6.92 Å². The molecular weight excluding hydrogens is 335 g/mol. The number of carbonyl (C=O) groups is 2. The number of nitro groups is 1. The van der Waals surface area contributed by atoms with Crippen LogP contribution in [0.3, 0.4) is 0 Å². The normalized spacial score (nSPS) is 10.8. The molecule has 0 aliphatic carbocycles. The Morgan fingerprint density at radius 1 is 1.33 bits per heavy atom. The lowest BCUT2D eigenvalue weighted by Crippen LogP contribution is -2.31. The number of alkyl carbamates (subject to hydrolysis) is 1. The molecule has 0 aliphatic rings. The fourth-order valence-electron chi connectivity index (χ4n) is 1.58. The fourth-order valence-corrected chi connectivity index (χ4v) is 1.58. The molecule has 2 N–H and O–H groups in total. The quantitative estimate of drug-likeness (QED) is 0.606. The topological polar surface area (TPSA) is 111 Å². The summed E-state index contributed by atoms with van der Waals surface area (Å²) in [5.74, 6) is -0.579. The molecule has 0 spiro atoms. The van der Waals surface area contributed by atoms with Crippen LogP contribution in [0.15, 0.2) is 18.2 Å². The number of rotatable bonds is 6. The first-order chi connectivity index (χ1) is 11.1. The van der Waals surface area contributed by atoms with E-state index in [2.05, 4.69) is 10.1 Å². The Balaban J connectivity index is 2.41. The van der Waals surface area contributed by atoms with Crippen LogP contribution in [0.25, 0.3) is 0 Å². The second kappa shape index (κ2) is 8.13. The van der Waals surface area contributed by atoms with Gasteiger partial charge in [-0.2, -0.15) is 13.2 Å². The predicted octanol–water partition coefficient (Wildman–Crippen LogP) is 2.52. The van der Waals surface area contributed by atoms with Crippen molar-refractivity contribution in [1.29, 1.82) is 0 Å². The molecule has 0 radical (unpaired) electrons. The Morgan fingerprint density at radius 2 is 2.00 bits per heavy atom. The van der Waals surface area contributed by atoms with Gasteiger partial charge in [0.2, 0.25) is 5.91 Å². The molecule has 0 aliphatic heterocycles. The van der Waals surface area contributed by atoms with Crippen molar-refractivity contribution in [3.05, 3.63) is 33.9 Å². The molecule has 0 saturated heterocycles. The zero-order valence-electron chi connectivity index (χ0n) is 12.5. The SMILES string of the molecule is Cc1ccc(NC(=O)CCNC(=O)OCC(F)(F)F)cc1[N+](=O)[O-].